The zero-order chi connectivity index (χ0) is 21.8. The first kappa shape index (κ1) is 24.4. The lowest BCUT2D eigenvalue weighted by atomic mass is 9.95. The normalized spacial score (nSPS) is 14.0. The summed E-state index contributed by atoms with van der Waals surface area (Å²) in [6.45, 7) is 2.46. The Balaban J connectivity index is 0.00000289. The number of thiophene rings is 1. The third-order valence-electron chi connectivity index (χ3n) is 5.39. The summed E-state index contributed by atoms with van der Waals surface area (Å²) >= 11 is 7.57. The predicted molar refractivity (Wildman–Crippen MR) is 130 cm³/mol. The molecular formula is C22H26Cl2N4O3S. The van der Waals surface area contributed by atoms with Gasteiger partial charge >= 0.3 is 0 Å². The largest absolute Gasteiger partial charge is 0.497 e. The number of anilines is 1. The van der Waals surface area contributed by atoms with Gasteiger partial charge in [0.05, 0.1) is 36.4 Å². The first-order valence-electron chi connectivity index (χ1n) is 10.1. The Bertz CT molecular complexity index is 1060. The van der Waals surface area contributed by atoms with Gasteiger partial charge in [0.1, 0.15) is 17.3 Å². The van der Waals surface area contributed by atoms with Crippen LogP contribution in [0.25, 0.3) is 0 Å². The molecule has 1 fully saturated rings. The fraction of sp³-hybridized carbons (Fsp3) is 0.364. The van der Waals surface area contributed by atoms with Crippen molar-refractivity contribution in [1.29, 1.82) is 0 Å². The van der Waals surface area contributed by atoms with Crippen LogP contribution in [0.2, 0.25) is 4.34 Å². The van der Waals surface area contributed by atoms with Crippen molar-refractivity contribution in [3.63, 3.8) is 0 Å². The minimum atomic E-state index is -0.258. The number of rotatable bonds is 7. The SMILES string of the molecule is COc1ccc(C(=O)n2nc(C3CCNCC3)cc2NCc2ccc(Cl)s2)c(OC)c1.Cl. The Kier molecular flexibility index (Phi) is 8.42. The Hall–Kier alpha value is -2.26. The number of nitrogens with zero attached hydrogens (tertiary/aromatic N) is 2. The third-order valence-corrected chi connectivity index (χ3v) is 6.62. The molecule has 0 radical (unpaired) electrons. The molecule has 2 N–H and O–H groups in total. The van der Waals surface area contributed by atoms with Crippen molar-refractivity contribution in [3.8, 4) is 11.5 Å². The molecule has 0 bridgehead atoms. The quantitative estimate of drug-likeness (QED) is 0.488. The van der Waals surface area contributed by atoms with Crippen LogP contribution in [0.1, 0.15) is 39.7 Å². The number of nitrogens with one attached hydrogen (secondary N) is 2. The molecule has 1 aliphatic heterocycles. The molecule has 0 aliphatic carbocycles. The number of aromatic nitrogens is 2. The molecule has 0 amide bonds. The number of hydrogen-bond donors (Lipinski definition) is 2. The maximum absolute atomic E-state index is 13.5. The highest BCUT2D eigenvalue weighted by Gasteiger charge is 2.24. The lowest BCUT2D eigenvalue weighted by Gasteiger charge is -2.20. The molecule has 0 atom stereocenters. The van der Waals surface area contributed by atoms with Crippen LogP contribution in [0.4, 0.5) is 5.82 Å². The lowest BCUT2D eigenvalue weighted by Crippen LogP contribution is -2.27. The van der Waals surface area contributed by atoms with E-state index in [2.05, 4.69) is 10.6 Å². The second-order valence-corrected chi connectivity index (χ2v) is 9.12. The van der Waals surface area contributed by atoms with E-state index < -0.39 is 0 Å². The van der Waals surface area contributed by atoms with E-state index in [-0.39, 0.29) is 18.3 Å². The fourth-order valence-electron chi connectivity index (χ4n) is 3.71. The Morgan fingerprint density at radius 1 is 1.22 bits per heavy atom. The molecule has 0 saturated carbocycles. The van der Waals surface area contributed by atoms with Gasteiger partial charge in [0.15, 0.2) is 0 Å². The number of halogens is 2. The summed E-state index contributed by atoms with van der Waals surface area (Å²) in [5.74, 6) is 1.79. The highest BCUT2D eigenvalue weighted by molar-refractivity contribution is 7.16. The first-order chi connectivity index (χ1) is 15.1. The molecule has 1 aliphatic rings. The topological polar surface area (TPSA) is 77.4 Å². The number of benzene rings is 1. The van der Waals surface area contributed by atoms with Crippen molar-refractivity contribution in [2.45, 2.75) is 25.3 Å². The van der Waals surface area contributed by atoms with E-state index in [0.29, 0.717) is 35.3 Å². The summed E-state index contributed by atoms with van der Waals surface area (Å²) in [5.41, 5.74) is 1.35. The number of ether oxygens (including phenoxy) is 2. The Labute approximate surface area is 202 Å². The molecule has 1 aromatic carbocycles. The maximum atomic E-state index is 13.5. The standard InChI is InChI=1S/C22H25ClN4O3S.ClH/c1-29-15-3-5-17(19(11-15)30-2)22(28)27-21(25-13-16-4-6-20(23)31-16)12-18(26-27)14-7-9-24-10-8-14;/h3-6,11-12,14,24-25H,7-10,13H2,1-2H3;1H. The van der Waals surface area contributed by atoms with E-state index in [0.717, 1.165) is 40.8 Å². The minimum Gasteiger partial charge on any atom is -0.497 e. The van der Waals surface area contributed by atoms with Gasteiger partial charge in [-0.3, -0.25) is 4.79 Å². The van der Waals surface area contributed by atoms with E-state index in [1.165, 1.54) is 23.1 Å². The van der Waals surface area contributed by atoms with Crippen LogP contribution >= 0.6 is 35.3 Å². The maximum Gasteiger partial charge on any atom is 0.283 e. The van der Waals surface area contributed by atoms with Crippen LogP contribution in [0, 0.1) is 0 Å². The van der Waals surface area contributed by atoms with Gasteiger partial charge in [-0.25, -0.2) is 0 Å². The molecule has 10 heteroatoms. The van der Waals surface area contributed by atoms with Crippen molar-refractivity contribution < 1.29 is 14.3 Å². The summed E-state index contributed by atoms with van der Waals surface area (Å²) in [4.78, 5) is 14.5. The number of methoxy groups -OCH3 is 2. The van der Waals surface area contributed by atoms with Crippen molar-refractivity contribution in [3.05, 3.63) is 56.9 Å². The van der Waals surface area contributed by atoms with Gasteiger partial charge in [0, 0.05) is 22.9 Å². The van der Waals surface area contributed by atoms with Gasteiger partial charge in [-0.05, 0) is 50.2 Å². The van der Waals surface area contributed by atoms with Crippen LogP contribution in [-0.2, 0) is 6.54 Å². The lowest BCUT2D eigenvalue weighted by molar-refractivity contribution is 0.0943. The van der Waals surface area contributed by atoms with Crippen LogP contribution in [0.3, 0.4) is 0 Å². The van der Waals surface area contributed by atoms with Crippen LogP contribution in [0.15, 0.2) is 36.4 Å². The summed E-state index contributed by atoms with van der Waals surface area (Å²) in [7, 11) is 3.11. The molecule has 3 heterocycles. The number of piperidine rings is 1. The van der Waals surface area contributed by atoms with Crippen molar-refractivity contribution in [2.75, 3.05) is 32.6 Å². The number of carbonyl (C=O) groups excluding carboxylic acids is 1. The molecule has 4 rings (SSSR count). The molecule has 0 unspecified atom stereocenters. The third kappa shape index (κ3) is 5.38. The summed E-state index contributed by atoms with van der Waals surface area (Å²) in [5, 5.41) is 11.4. The second kappa shape index (κ2) is 11.0. The van der Waals surface area contributed by atoms with Crippen molar-refractivity contribution in [2.24, 2.45) is 0 Å². The Morgan fingerprint density at radius 3 is 2.66 bits per heavy atom. The minimum absolute atomic E-state index is 0. The zero-order valence-electron chi connectivity index (χ0n) is 17.9. The van der Waals surface area contributed by atoms with E-state index in [1.807, 2.05) is 18.2 Å². The summed E-state index contributed by atoms with van der Waals surface area (Å²) < 4.78 is 12.9. The van der Waals surface area contributed by atoms with Crippen LogP contribution in [-0.4, -0.2) is 43.0 Å². The molecule has 32 heavy (non-hydrogen) atoms. The molecule has 172 valence electrons. The molecule has 2 aromatic heterocycles. The van der Waals surface area contributed by atoms with E-state index >= 15 is 0 Å². The van der Waals surface area contributed by atoms with Gasteiger partial charge < -0.3 is 20.1 Å². The van der Waals surface area contributed by atoms with Gasteiger partial charge in [-0.2, -0.15) is 9.78 Å². The zero-order valence-corrected chi connectivity index (χ0v) is 20.3. The van der Waals surface area contributed by atoms with E-state index in [9.17, 15) is 4.79 Å². The summed E-state index contributed by atoms with van der Waals surface area (Å²) in [6, 6.07) is 11.0. The average molecular weight is 497 g/mol. The van der Waals surface area contributed by atoms with Crippen LogP contribution < -0.4 is 20.1 Å². The smallest absolute Gasteiger partial charge is 0.283 e. The van der Waals surface area contributed by atoms with E-state index in [1.54, 1.807) is 25.3 Å². The highest BCUT2D eigenvalue weighted by atomic mass is 35.5. The summed E-state index contributed by atoms with van der Waals surface area (Å²) in [6.07, 6.45) is 1.99. The molecule has 7 nitrogen and oxygen atoms in total. The molecule has 1 saturated heterocycles. The van der Waals surface area contributed by atoms with Gasteiger partial charge in [-0.1, -0.05) is 11.6 Å². The fourth-order valence-corrected chi connectivity index (χ4v) is 4.74. The average Bonchev–Trinajstić information content (AvgIpc) is 3.43. The van der Waals surface area contributed by atoms with Gasteiger partial charge in [0.25, 0.3) is 5.91 Å². The number of carbonyl (C=O) groups is 1. The van der Waals surface area contributed by atoms with Gasteiger partial charge in [-0.15, -0.1) is 23.7 Å². The highest BCUT2D eigenvalue weighted by Crippen LogP contribution is 2.30. The molecule has 3 aromatic rings. The second-order valence-electron chi connectivity index (χ2n) is 7.32. The molecular weight excluding hydrogens is 471 g/mol. The van der Waals surface area contributed by atoms with Crippen molar-refractivity contribution in [1.82, 2.24) is 15.1 Å². The van der Waals surface area contributed by atoms with Crippen LogP contribution in [0.5, 0.6) is 11.5 Å². The number of hydrogen-bond acceptors (Lipinski definition) is 7. The molecule has 0 spiro atoms. The van der Waals surface area contributed by atoms with Crippen molar-refractivity contribution >= 4 is 47.1 Å². The first-order valence-corrected chi connectivity index (χ1v) is 11.3. The van der Waals surface area contributed by atoms with E-state index in [4.69, 9.17) is 26.2 Å². The Morgan fingerprint density at radius 2 is 2.00 bits per heavy atom. The monoisotopic (exact) mass is 496 g/mol. The van der Waals surface area contributed by atoms with Gasteiger partial charge in [0.2, 0.25) is 0 Å². The predicted octanol–water partition coefficient (Wildman–Crippen LogP) is 4.80.